The van der Waals surface area contributed by atoms with Crippen molar-refractivity contribution in [1.82, 2.24) is 15.0 Å². The van der Waals surface area contributed by atoms with Crippen molar-refractivity contribution in [2.45, 2.75) is 6.54 Å². The number of hydrogen-bond donors (Lipinski definition) is 1. The van der Waals surface area contributed by atoms with Gasteiger partial charge in [-0.05, 0) is 53.3 Å². The number of thiophene rings is 1. The van der Waals surface area contributed by atoms with Crippen molar-refractivity contribution < 1.29 is 14.1 Å². The molecular weight excluding hydrogens is 470 g/mol. The largest absolute Gasteiger partial charge is 0.378 e. The third kappa shape index (κ3) is 5.45. The molecule has 10 heteroatoms. The van der Waals surface area contributed by atoms with Gasteiger partial charge in [-0.1, -0.05) is 5.16 Å². The summed E-state index contributed by atoms with van der Waals surface area (Å²) in [5.41, 5.74) is 1.91. The molecule has 8 nitrogen and oxygen atoms in total. The summed E-state index contributed by atoms with van der Waals surface area (Å²) in [5, 5.41) is 8.91. The Morgan fingerprint density at radius 2 is 2.07 bits per heavy atom. The fourth-order valence-corrected chi connectivity index (χ4v) is 4.51. The minimum atomic E-state index is -0.0986. The third-order valence-corrected chi connectivity index (χ3v) is 6.29. The van der Waals surface area contributed by atoms with Crippen molar-refractivity contribution in [2.75, 3.05) is 50.1 Å². The van der Waals surface area contributed by atoms with Crippen molar-refractivity contribution in [1.29, 1.82) is 0 Å². The minimum Gasteiger partial charge on any atom is -0.378 e. The monoisotopic (exact) mass is 491 g/mol. The standard InChI is InChI=1S/C20H22BrN5O3S/c1-25(12-19-23-20(24-29-19)17-10-14(21)13-30-17)11-18(27)22-15-2-4-16(5-3-15)26-6-8-28-9-7-26/h2-5,10,13H,6-9,11-12H2,1H3,(H,22,27). The quantitative estimate of drug-likeness (QED) is 0.541. The maximum Gasteiger partial charge on any atom is 0.241 e. The van der Waals surface area contributed by atoms with Crippen LogP contribution in [0.2, 0.25) is 0 Å². The van der Waals surface area contributed by atoms with E-state index in [4.69, 9.17) is 9.26 Å². The van der Waals surface area contributed by atoms with Gasteiger partial charge in [0.1, 0.15) is 0 Å². The van der Waals surface area contributed by atoms with E-state index in [1.807, 2.05) is 47.7 Å². The lowest BCUT2D eigenvalue weighted by Gasteiger charge is -2.28. The minimum absolute atomic E-state index is 0.0986. The van der Waals surface area contributed by atoms with Gasteiger partial charge in [0.15, 0.2) is 0 Å². The Balaban J connectivity index is 1.27. The van der Waals surface area contributed by atoms with Gasteiger partial charge in [-0.3, -0.25) is 9.69 Å². The molecule has 1 aliphatic heterocycles. The molecule has 0 radical (unpaired) electrons. The zero-order valence-corrected chi connectivity index (χ0v) is 18.9. The number of halogens is 1. The molecule has 1 N–H and O–H groups in total. The van der Waals surface area contributed by atoms with Crippen molar-refractivity contribution in [2.24, 2.45) is 0 Å². The molecule has 30 heavy (non-hydrogen) atoms. The highest BCUT2D eigenvalue weighted by Crippen LogP contribution is 2.27. The van der Waals surface area contributed by atoms with E-state index in [2.05, 4.69) is 36.3 Å². The number of hydrogen-bond acceptors (Lipinski definition) is 8. The Labute approximate surface area is 186 Å². The van der Waals surface area contributed by atoms with E-state index in [1.54, 1.807) is 0 Å². The molecule has 0 bridgehead atoms. The van der Waals surface area contributed by atoms with E-state index in [-0.39, 0.29) is 12.5 Å². The molecule has 0 unspecified atom stereocenters. The number of nitrogens with zero attached hydrogens (tertiary/aromatic N) is 4. The normalized spacial score (nSPS) is 14.3. The average molecular weight is 492 g/mol. The molecule has 1 aliphatic rings. The van der Waals surface area contributed by atoms with Crippen LogP contribution in [0, 0.1) is 0 Å². The fraction of sp³-hybridized carbons (Fsp3) is 0.350. The second-order valence-corrected chi connectivity index (χ2v) is 8.83. The first-order valence-corrected chi connectivity index (χ1v) is 11.2. The Morgan fingerprint density at radius 3 is 2.77 bits per heavy atom. The predicted molar refractivity (Wildman–Crippen MR) is 120 cm³/mol. The number of benzene rings is 1. The first-order chi connectivity index (χ1) is 14.6. The molecule has 1 amide bonds. The third-order valence-electron chi connectivity index (χ3n) is 4.60. The van der Waals surface area contributed by atoms with Gasteiger partial charge in [0.05, 0.1) is 31.2 Å². The summed E-state index contributed by atoms with van der Waals surface area (Å²) in [6.45, 7) is 3.88. The number of anilines is 2. The number of morpholine rings is 1. The maximum absolute atomic E-state index is 12.4. The van der Waals surface area contributed by atoms with Crippen LogP contribution in [0.15, 0.2) is 44.7 Å². The van der Waals surface area contributed by atoms with Gasteiger partial charge >= 0.3 is 0 Å². The summed E-state index contributed by atoms with van der Waals surface area (Å²) < 4.78 is 11.7. The van der Waals surface area contributed by atoms with E-state index in [1.165, 1.54) is 11.3 Å². The van der Waals surface area contributed by atoms with Gasteiger partial charge in [-0.25, -0.2) is 0 Å². The van der Waals surface area contributed by atoms with Crippen LogP contribution in [0.3, 0.4) is 0 Å². The molecule has 3 heterocycles. The second-order valence-electron chi connectivity index (χ2n) is 7.01. The van der Waals surface area contributed by atoms with E-state index in [0.29, 0.717) is 18.3 Å². The van der Waals surface area contributed by atoms with E-state index in [9.17, 15) is 4.79 Å². The number of carbonyl (C=O) groups excluding carboxylic acids is 1. The van der Waals surface area contributed by atoms with Crippen molar-refractivity contribution in [3.8, 4) is 10.7 Å². The molecule has 0 saturated carbocycles. The summed E-state index contributed by atoms with van der Waals surface area (Å²) in [6, 6.07) is 9.83. The molecule has 0 aliphatic carbocycles. The van der Waals surface area contributed by atoms with Crippen molar-refractivity contribution in [3.05, 3.63) is 46.1 Å². The van der Waals surface area contributed by atoms with Crippen LogP contribution < -0.4 is 10.2 Å². The Kier molecular flexibility index (Phi) is 6.78. The lowest BCUT2D eigenvalue weighted by molar-refractivity contribution is -0.117. The molecule has 2 aromatic heterocycles. The van der Waals surface area contributed by atoms with E-state index >= 15 is 0 Å². The fourth-order valence-electron chi connectivity index (χ4n) is 3.16. The molecule has 0 spiro atoms. The highest BCUT2D eigenvalue weighted by molar-refractivity contribution is 9.10. The number of ether oxygens (including phenoxy) is 1. The Morgan fingerprint density at radius 1 is 1.30 bits per heavy atom. The highest BCUT2D eigenvalue weighted by atomic mass is 79.9. The van der Waals surface area contributed by atoms with Gasteiger partial charge in [0.2, 0.25) is 17.6 Å². The molecule has 158 valence electrons. The molecule has 3 aromatic rings. The first-order valence-electron chi connectivity index (χ1n) is 9.55. The SMILES string of the molecule is CN(CC(=O)Nc1ccc(N2CCOCC2)cc1)Cc1nc(-c2cc(Br)cs2)no1. The molecule has 0 atom stereocenters. The van der Waals surface area contributed by atoms with Crippen LogP contribution in [0.25, 0.3) is 10.7 Å². The summed E-state index contributed by atoms with van der Waals surface area (Å²) in [7, 11) is 1.84. The van der Waals surface area contributed by atoms with Crippen LogP contribution in [0.5, 0.6) is 0 Å². The van der Waals surface area contributed by atoms with Gasteiger partial charge in [0.25, 0.3) is 0 Å². The number of nitrogens with one attached hydrogen (secondary N) is 1. The Bertz CT molecular complexity index is 985. The number of rotatable bonds is 7. The average Bonchev–Trinajstić information content (AvgIpc) is 3.38. The van der Waals surface area contributed by atoms with E-state index in [0.717, 1.165) is 47.0 Å². The summed E-state index contributed by atoms with van der Waals surface area (Å²) in [4.78, 5) is 21.8. The van der Waals surface area contributed by atoms with Crippen LogP contribution in [-0.4, -0.2) is 60.8 Å². The van der Waals surface area contributed by atoms with Gasteiger partial charge in [-0.15, -0.1) is 11.3 Å². The van der Waals surface area contributed by atoms with Gasteiger partial charge in [-0.2, -0.15) is 4.98 Å². The zero-order chi connectivity index (χ0) is 20.9. The predicted octanol–water partition coefficient (Wildman–Crippen LogP) is 3.47. The topological polar surface area (TPSA) is 83.7 Å². The molecule has 1 fully saturated rings. The summed E-state index contributed by atoms with van der Waals surface area (Å²) in [6.07, 6.45) is 0. The zero-order valence-electron chi connectivity index (χ0n) is 16.5. The molecule has 1 aromatic carbocycles. The molecular formula is C20H22BrN5O3S. The van der Waals surface area contributed by atoms with Gasteiger partial charge in [0, 0.05) is 34.3 Å². The number of likely N-dealkylation sites (N-methyl/N-ethyl adjacent to an activating group) is 1. The summed E-state index contributed by atoms with van der Waals surface area (Å²) in [5.74, 6) is 0.928. The summed E-state index contributed by atoms with van der Waals surface area (Å²) >= 11 is 4.96. The number of amides is 1. The molecule has 1 saturated heterocycles. The van der Waals surface area contributed by atoms with E-state index < -0.39 is 0 Å². The smallest absolute Gasteiger partial charge is 0.241 e. The number of aromatic nitrogens is 2. The lowest BCUT2D eigenvalue weighted by Crippen LogP contribution is -2.36. The van der Waals surface area contributed by atoms with Crippen LogP contribution >= 0.6 is 27.3 Å². The number of carbonyl (C=O) groups is 1. The van der Waals surface area contributed by atoms with Gasteiger partial charge < -0.3 is 19.5 Å². The van der Waals surface area contributed by atoms with Crippen molar-refractivity contribution in [3.63, 3.8) is 0 Å². The molecule has 4 rings (SSSR count). The second kappa shape index (κ2) is 9.69. The van der Waals surface area contributed by atoms with Crippen LogP contribution in [0.4, 0.5) is 11.4 Å². The Hall–Kier alpha value is -2.27. The highest BCUT2D eigenvalue weighted by Gasteiger charge is 2.15. The van der Waals surface area contributed by atoms with Crippen molar-refractivity contribution >= 4 is 44.5 Å². The van der Waals surface area contributed by atoms with Crippen LogP contribution in [0.1, 0.15) is 5.89 Å². The lowest BCUT2D eigenvalue weighted by atomic mass is 10.2. The maximum atomic E-state index is 12.4. The first kappa shape index (κ1) is 21.0. The van der Waals surface area contributed by atoms with Crippen LogP contribution in [-0.2, 0) is 16.1 Å².